The largest absolute Gasteiger partial charge is 0.491 e. The summed E-state index contributed by atoms with van der Waals surface area (Å²) in [5, 5.41) is 2.94. The van der Waals surface area contributed by atoms with Crippen LogP contribution < -0.4 is 15.8 Å². The van der Waals surface area contributed by atoms with Crippen molar-refractivity contribution in [2.45, 2.75) is 45.1 Å². The first-order valence-corrected chi connectivity index (χ1v) is 7.04. The Morgan fingerprint density at radius 3 is 2.84 bits per heavy atom. The van der Waals surface area contributed by atoms with Crippen LogP contribution in [-0.4, -0.2) is 18.6 Å². The van der Waals surface area contributed by atoms with Crippen molar-refractivity contribution in [1.82, 2.24) is 5.32 Å². The average Bonchev–Trinajstić information content (AvgIpc) is 3.20. The van der Waals surface area contributed by atoms with Gasteiger partial charge in [0.2, 0.25) is 0 Å². The zero-order valence-electron chi connectivity index (χ0n) is 11.4. The van der Waals surface area contributed by atoms with Gasteiger partial charge in [-0.05, 0) is 37.5 Å². The maximum atomic E-state index is 11.9. The molecule has 19 heavy (non-hydrogen) atoms. The molecule has 0 atom stereocenters. The topological polar surface area (TPSA) is 64.3 Å². The maximum Gasteiger partial charge on any atom is 0.251 e. The van der Waals surface area contributed by atoms with Gasteiger partial charge in [0.1, 0.15) is 5.75 Å². The lowest BCUT2D eigenvalue weighted by Crippen LogP contribution is -2.25. The van der Waals surface area contributed by atoms with Crippen LogP contribution in [0.4, 0.5) is 5.69 Å². The number of carbonyl (C=O) groups excluding carboxylic acids is 1. The van der Waals surface area contributed by atoms with Crippen LogP contribution in [0.2, 0.25) is 0 Å². The highest BCUT2D eigenvalue weighted by atomic mass is 16.5. The first-order valence-electron chi connectivity index (χ1n) is 7.04. The van der Waals surface area contributed by atoms with Gasteiger partial charge < -0.3 is 15.8 Å². The fraction of sp³-hybridized carbons (Fsp3) is 0.533. The number of nitrogen functional groups attached to an aromatic ring is 1. The number of carbonyl (C=O) groups is 1. The third kappa shape index (κ3) is 4.16. The third-order valence-corrected chi connectivity index (χ3v) is 3.19. The van der Waals surface area contributed by atoms with E-state index in [2.05, 4.69) is 12.2 Å². The minimum atomic E-state index is -0.0493. The fourth-order valence-electron chi connectivity index (χ4n) is 1.85. The molecule has 1 fully saturated rings. The van der Waals surface area contributed by atoms with Crippen LogP contribution in [0.15, 0.2) is 18.2 Å². The van der Waals surface area contributed by atoms with Crippen LogP contribution in [0, 0.1) is 0 Å². The van der Waals surface area contributed by atoms with Gasteiger partial charge in [0, 0.05) is 11.6 Å². The van der Waals surface area contributed by atoms with Crippen molar-refractivity contribution in [1.29, 1.82) is 0 Å². The van der Waals surface area contributed by atoms with Gasteiger partial charge in [-0.1, -0.05) is 19.8 Å². The predicted octanol–water partition coefficient (Wildman–Crippen LogP) is 2.73. The fourth-order valence-corrected chi connectivity index (χ4v) is 1.85. The second-order valence-electron chi connectivity index (χ2n) is 5.06. The minimum absolute atomic E-state index is 0.0493. The van der Waals surface area contributed by atoms with E-state index in [0.717, 1.165) is 25.7 Å². The van der Waals surface area contributed by atoms with E-state index < -0.39 is 0 Å². The van der Waals surface area contributed by atoms with Gasteiger partial charge in [-0.25, -0.2) is 0 Å². The molecule has 1 aliphatic carbocycles. The van der Waals surface area contributed by atoms with Gasteiger partial charge in [0.05, 0.1) is 12.3 Å². The lowest BCUT2D eigenvalue weighted by atomic mass is 10.1. The molecule has 0 aliphatic heterocycles. The Kier molecular flexibility index (Phi) is 4.66. The van der Waals surface area contributed by atoms with Crippen molar-refractivity contribution in [2.24, 2.45) is 0 Å². The highest BCUT2D eigenvalue weighted by Crippen LogP contribution is 2.24. The number of ether oxygens (including phenoxy) is 1. The Balaban J connectivity index is 1.90. The number of benzene rings is 1. The van der Waals surface area contributed by atoms with Crippen molar-refractivity contribution in [3.8, 4) is 5.75 Å². The molecule has 3 N–H and O–H groups in total. The van der Waals surface area contributed by atoms with E-state index in [9.17, 15) is 4.79 Å². The van der Waals surface area contributed by atoms with E-state index >= 15 is 0 Å². The summed E-state index contributed by atoms with van der Waals surface area (Å²) in [4.78, 5) is 11.9. The number of nitrogens with two attached hydrogens (primary N) is 1. The lowest BCUT2D eigenvalue weighted by Gasteiger charge is -2.10. The van der Waals surface area contributed by atoms with Gasteiger partial charge in [-0.3, -0.25) is 4.79 Å². The Hall–Kier alpha value is -1.71. The van der Waals surface area contributed by atoms with E-state index in [1.165, 1.54) is 6.42 Å². The number of anilines is 1. The Labute approximate surface area is 114 Å². The molecule has 4 heteroatoms. The van der Waals surface area contributed by atoms with Gasteiger partial charge in [0.15, 0.2) is 0 Å². The first kappa shape index (κ1) is 13.7. The maximum absolute atomic E-state index is 11.9. The molecular weight excluding hydrogens is 240 g/mol. The van der Waals surface area contributed by atoms with Crippen LogP contribution >= 0.6 is 0 Å². The van der Waals surface area contributed by atoms with Crippen LogP contribution in [-0.2, 0) is 0 Å². The molecule has 1 saturated carbocycles. The summed E-state index contributed by atoms with van der Waals surface area (Å²) in [5.41, 5.74) is 7.05. The highest BCUT2D eigenvalue weighted by Gasteiger charge is 2.23. The number of rotatable bonds is 7. The van der Waals surface area contributed by atoms with Gasteiger partial charge >= 0.3 is 0 Å². The van der Waals surface area contributed by atoms with Crippen molar-refractivity contribution in [2.75, 3.05) is 12.3 Å². The molecule has 2 rings (SSSR count). The molecule has 1 amide bonds. The predicted molar refractivity (Wildman–Crippen MR) is 76.4 cm³/mol. The number of unbranched alkanes of at least 4 members (excludes halogenated alkanes) is 2. The van der Waals surface area contributed by atoms with Crippen LogP contribution in [0.5, 0.6) is 5.75 Å². The Morgan fingerprint density at radius 2 is 2.21 bits per heavy atom. The molecule has 1 aromatic carbocycles. The van der Waals surface area contributed by atoms with Crippen molar-refractivity contribution >= 4 is 11.6 Å². The molecule has 104 valence electrons. The summed E-state index contributed by atoms with van der Waals surface area (Å²) in [5.74, 6) is 0.616. The highest BCUT2D eigenvalue weighted by molar-refractivity contribution is 5.95. The Morgan fingerprint density at radius 1 is 1.42 bits per heavy atom. The monoisotopic (exact) mass is 262 g/mol. The third-order valence-electron chi connectivity index (χ3n) is 3.19. The molecule has 0 spiro atoms. The smallest absolute Gasteiger partial charge is 0.251 e. The van der Waals surface area contributed by atoms with E-state index in [1.807, 2.05) is 0 Å². The molecule has 1 aromatic rings. The minimum Gasteiger partial charge on any atom is -0.491 e. The van der Waals surface area contributed by atoms with Crippen molar-refractivity contribution < 1.29 is 9.53 Å². The molecule has 0 saturated heterocycles. The van der Waals surface area contributed by atoms with Gasteiger partial charge in [-0.15, -0.1) is 0 Å². The van der Waals surface area contributed by atoms with Gasteiger partial charge in [-0.2, -0.15) is 0 Å². The zero-order chi connectivity index (χ0) is 13.7. The van der Waals surface area contributed by atoms with Gasteiger partial charge in [0.25, 0.3) is 5.91 Å². The standard InChI is InChI=1S/C15H22N2O2/c1-2-3-4-9-19-14-8-5-11(10-13(14)16)15(18)17-12-6-7-12/h5,8,10,12H,2-4,6-7,9,16H2,1H3,(H,17,18). The lowest BCUT2D eigenvalue weighted by molar-refractivity contribution is 0.0951. The molecule has 4 nitrogen and oxygen atoms in total. The van der Waals surface area contributed by atoms with E-state index in [-0.39, 0.29) is 5.91 Å². The van der Waals surface area contributed by atoms with Crippen LogP contribution in [0.3, 0.4) is 0 Å². The number of hydrogen-bond donors (Lipinski definition) is 2. The summed E-state index contributed by atoms with van der Waals surface area (Å²) < 4.78 is 5.61. The Bertz CT molecular complexity index is 442. The van der Waals surface area contributed by atoms with Crippen molar-refractivity contribution in [3.63, 3.8) is 0 Å². The molecule has 0 radical (unpaired) electrons. The second kappa shape index (κ2) is 6.45. The number of hydrogen-bond acceptors (Lipinski definition) is 3. The quantitative estimate of drug-likeness (QED) is 0.586. The second-order valence-corrected chi connectivity index (χ2v) is 5.06. The summed E-state index contributed by atoms with van der Waals surface area (Å²) in [6, 6.07) is 5.60. The van der Waals surface area contributed by atoms with E-state index in [0.29, 0.717) is 29.6 Å². The van der Waals surface area contributed by atoms with Crippen LogP contribution in [0.1, 0.15) is 49.4 Å². The first-order chi connectivity index (χ1) is 9.20. The number of amides is 1. The van der Waals surface area contributed by atoms with E-state index in [4.69, 9.17) is 10.5 Å². The molecule has 1 aliphatic rings. The molecule has 0 heterocycles. The molecule has 0 aromatic heterocycles. The summed E-state index contributed by atoms with van der Waals surface area (Å²) in [6.07, 6.45) is 5.51. The molecular formula is C15H22N2O2. The summed E-state index contributed by atoms with van der Waals surface area (Å²) in [7, 11) is 0. The van der Waals surface area contributed by atoms with E-state index in [1.54, 1.807) is 18.2 Å². The SMILES string of the molecule is CCCCCOc1ccc(C(=O)NC2CC2)cc1N. The van der Waals surface area contributed by atoms with Crippen LogP contribution in [0.25, 0.3) is 0 Å². The van der Waals surface area contributed by atoms with Crippen molar-refractivity contribution in [3.05, 3.63) is 23.8 Å². The average molecular weight is 262 g/mol. The summed E-state index contributed by atoms with van der Waals surface area (Å²) >= 11 is 0. The normalized spacial score (nSPS) is 14.2. The zero-order valence-corrected chi connectivity index (χ0v) is 11.4. The molecule has 0 unspecified atom stereocenters. The number of nitrogens with one attached hydrogen (secondary N) is 1. The summed E-state index contributed by atoms with van der Waals surface area (Å²) in [6.45, 7) is 2.83. The molecule has 0 bridgehead atoms.